The summed E-state index contributed by atoms with van der Waals surface area (Å²) in [4.78, 5) is 28.1. The SMILES string of the molecule is COc1cccc(CNC(=O)CSc2nc(C)c(CC(N)=O)s2)c1. The van der Waals surface area contributed by atoms with E-state index in [2.05, 4.69) is 10.3 Å². The van der Waals surface area contributed by atoms with Crippen LogP contribution in [0.5, 0.6) is 5.75 Å². The van der Waals surface area contributed by atoms with Gasteiger partial charge >= 0.3 is 0 Å². The Hall–Kier alpha value is -2.06. The van der Waals surface area contributed by atoms with Gasteiger partial charge in [0.2, 0.25) is 11.8 Å². The molecule has 6 nitrogen and oxygen atoms in total. The van der Waals surface area contributed by atoms with Gasteiger partial charge < -0.3 is 15.8 Å². The van der Waals surface area contributed by atoms with Gasteiger partial charge in [-0.3, -0.25) is 9.59 Å². The van der Waals surface area contributed by atoms with Gasteiger partial charge in [-0.1, -0.05) is 23.9 Å². The van der Waals surface area contributed by atoms with E-state index in [1.54, 1.807) is 7.11 Å². The topological polar surface area (TPSA) is 94.3 Å². The lowest BCUT2D eigenvalue weighted by molar-refractivity contribution is -0.119. The number of thiazole rings is 1. The first-order valence-electron chi connectivity index (χ1n) is 7.25. The molecule has 0 aliphatic carbocycles. The van der Waals surface area contributed by atoms with Crippen LogP contribution >= 0.6 is 23.1 Å². The number of nitrogens with one attached hydrogen (secondary N) is 1. The van der Waals surface area contributed by atoms with Crippen molar-refractivity contribution in [2.45, 2.75) is 24.2 Å². The first-order chi connectivity index (χ1) is 11.5. The van der Waals surface area contributed by atoms with Crippen molar-refractivity contribution in [3.63, 3.8) is 0 Å². The molecule has 1 aromatic carbocycles. The lowest BCUT2D eigenvalue weighted by atomic mass is 10.2. The second-order valence-electron chi connectivity index (χ2n) is 5.05. The molecular weight excluding hydrogens is 346 g/mol. The highest BCUT2D eigenvalue weighted by Crippen LogP contribution is 2.27. The number of carbonyl (C=O) groups is 2. The van der Waals surface area contributed by atoms with Crippen LogP contribution < -0.4 is 15.8 Å². The lowest BCUT2D eigenvalue weighted by Gasteiger charge is -2.06. The highest BCUT2D eigenvalue weighted by atomic mass is 32.2. The smallest absolute Gasteiger partial charge is 0.230 e. The highest BCUT2D eigenvalue weighted by molar-refractivity contribution is 8.01. The summed E-state index contributed by atoms with van der Waals surface area (Å²) in [5.41, 5.74) is 6.96. The zero-order chi connectivity index (χ0) is 17.5. The maximum absolute atomic E-state index is 12.0. The Morgan fingerprint density at radius 1 is 1.42 bits per heavy atom. The van der Waals surface area contributed by atoms with Crippen molar-refractivity contribution in [2.24, 2.45) is 5.73 Å². The van der Waals surface area contributed by atoms with Crippen molar-refractivity contribution in [1.29, 1.82) is 0 Å². The van der Waals surface area contributed by atoms with E-state index in [0.29, 0.717) is 6.54 Å². The first kappa shape index (κ1) is 18.3. The van der Waals surface area contributed by atoms with Crippen molar-refractivity contribution >= 4 is 34.9 Å². The van der Waals surface area contributed by atoms with E-state index in [-0.39, 0.29) is 24.0 Å². The average Bonchev–Trinajstić information content (AvgIpc) is 2.90. The molecule has 0 atom stereocenters. The number of rotatable bonds is 8. The van der Waals surface area contributed by atoms with Crippen molar-refractivity contribution in [2.75, 3.05) is 12.9 Å². The third kappa shape index (κ3) is 5.54. The Morgan fingerprint density at radius 2 is 2.21 bits per heavy atom. The van der Waals surface area contributed by atoms with Crippen LogP contribution in [-0.4, -0.2) is 29.7 Å². The van der Waals surface area contributed by atoms with E-state index in [9.17, 15) is 9.59 Å². The number of aryl methyl sites for hydroxylation is 1. The van der Waals surface area contributed by atoms with Gasteiger partial charge in [-0.25, -0.2) is 4.98 Å². The molecule has 1 aromatic heterocycles. The van der Waals surface area contributed by atoms with E-state index >= 15 is 0 Å². The molecule has 0 aliphatic rings. The molecule has 0 spiro atoms. The monoisotopic (exact) mass is 365 g/mol. The van der Waals surface area contributed by atoms with E-state index in [0.717, 1.165) is 26.2 Å². The number of carbonyl (C=O) groups excluding carboxylic acids is 2. The molecule has 0 radical (unpaired) electrons. The molecule has 8 heteroatoms. The second kappa shape index (κ2) is 8.70. The minimum Gasteiger partial charge on any atom is -0.497 e. The fourth-order valence-electron chi connectivity index (χ4n) is 1.95. The molecule has 128 valence electrons. The van der Waals surface area contributed by atoms with Gasteiger partial charge in [0.15, 0.2) is 4.34 Å². The summed E-state index contributed by atoms with van der Waals surface area (Å²) >= 11 is 2.76. The van der Waals surface area contributed by atoms with Gasteiger partial charge in [0.1, 0.15) is 5.75 Å². The maximum Gasteiger partial charge on any atom is 0.230 e. The minimum absolute atomic E-state index is 0.0767. The normalized spacial score (nSPS) is 10.4. The van der Waals surface area contributed by atoms with Crippen LogP contribution in [-0.2, 0) is 22.6 Å². The van der Waals surface area contributed by atoms with Crippen molar-refractivity contribution in [3.8, 4) is 5.75 Å². The summed E-state index contributed by atoms with van der Waals surface area (Å²) in [7, 11) is 1.61. The van der Waals surface area contributed by atoms with E-state index < -0.39 is 0 Å². The predicted molar refractivity (Wildman–Crippen MR) is 95.3 cm³/mol. The summed E-state index contributed by atoms with van der Waals surface area (Å²) in [5, 5.41) is 2.86. The van der Waals surface area contributed by atoms with Crippen LogP contribution in [0.2, 0.25) is 0 Å². The number of nitrogens with zero attached hydrogens (tertiary/aromatic N) is 1. The van der Waals surface area contributed by atoms with Gasteiger partial charge in [-0.2, -0.15) is 0 Å². The molecule has 24 heavy (non-hydrogen) atoms. The van der Waals surface area contributed by atoms with Gasteiger partial charge in [0, 0.05) is 11.4 Å². The number of methoxy groups -OCH3 is 1. The standard InChI is InChI=1S/C16H19N3O3S2/c1-10-13(7-14(17)20)24-16(19-10)23-9-15(21)18-8-11-4-3-5-12(6-11)22-2/h3-6H,7-9H2,1-2H3,(H2,17,20)(H,18,21). The van der Waals surface area contributed by atoms with Gasteiger partial charge in [0.05, 0.1) is 25.0 Å². The van der Waals surface area contributed by atoms with Crippen LogP contribution in [0.3, 0.4) is 0 Å². The maximum atomic E-state index is 12.0. The zero-order valence-electron chi connectivity index (χ0n) is 13.5. The quantitative estimate of drug-likeness (QED) is 0.697. The zero-order valence-corrected chi connectivity index (χ0v) is 15.1. The molecule has 0 saturated carbocycles. The first-order valence-corrected chi connectivity index (χ1v) is 9.05. The number of nitrogens with two attached hydrogens (primary N) is 1. The van der Waals surface area contributed by atoms with Crippen LogP contribution in [0.15, 0.2) is 28.6 Å². The number of hydrogen-bond acceptors (Lipinski definition) is 6. The number of hydrogen-bond donors (Lipinski definition) is 2. The number of benzene rings is 1. The summed E-state index contributed by atoms with van der Waals surface area (Å²) < 4.78 is 5.92. The Bertz CT molecular complexity index is 731. The van der Waals surface area contributed by atoms with Gasteiger partial charge in [-0.05, 0) is 24.6 Å². The number of primary amides is 1. The third-order valence-corrected chi connectivity index (χ3v) is 5.46. The molecule has 0 bridgehead atoms. The molecule has 3 N–H and O–H groups in total. The third-order valence-electron chi connectivity index (χ3n) is 3.16. The summed E-state index contributed by atoms with van der Waals surface area (Å²) in [5.74, 6) is 0.574. The van der Waals surface area contributed by atoms with Crippen molar-refractivity contribution in [3.05, 3.63) is 40.4 Å². The van der Waals surface area contributed by atoms with Gasteiger partial charge in [0.25, 0.3) is 0 Å². The molecular formula is C16H19N3O3S2. The van der Waals surface area contributed by atoms with Crippen LogP contribution in [0, 0.1) is 6.92 Å². The molecule has 0 aliphatic heterocycles. The van der Waals surface area contributed by atoms with E-state index in [4.69, 9.17) is 10.5 Å². The van der Waals surface area contributed by atoms with E-state index in [1.165, 1.54) is 23.1 Å². The summed E-state index contributed by atoms with van der Waals surface area (Å²) in [6.07, 6.45) is 0.187. The van der Waals surface area contributed by atoms with Crippen molar-refractivity contribution in [1.82, 2.24) is 10.3 Å². The molecule has 2 rings (SSSR count). The number of ether oxygens (including phenoxy) is 1. The average molecular weight is 365 g/mol. The number of thioether (sulfide) groups is 1. The Kier molecular flexibility index (Phi) is 6.62. The van der Waals surface area contributed by atoms with Crippen LogP contribution in [0.1, 0.15) is 16.1 Å². The fourth-order valence-corrected chi connectivity index (χ4v) is 4.02. The molecule has 0 fully saturated rings. The fraction of sp³-hybridized carbons (Fsp3) is 0.312. The Balaban J connectivity index is 1.81. The number of amides is 2. The number of aromatic nitrogens is 1. The van der Waals surface area contributed by atoms with Crippen LogP contribution in [0.4, 0.5) is 0 Å². The second-order valence-corrected chi connectivity index (χ2v) is 7.35. The summed E-state index contributed by atoms with van der Waals surface area (Å²) in [6, 6.07) is 7.55. The lowest BCUT2D eigenvalue weighted by Crippen LogP contribution is -2.24. The molecule has 0 unspecified atom stereocenters. The van der Waals surface area contributed by atoms with Crippen LogP contribution in [0.25, 0.3) is 0 Å². The predicted octanol–water partition coefficient (Wildman–Crippen LogP) is 1.90. The molecule has 1 heterocycles. The minimum atomic E-state index is -0.380. The molecule has 2 amide bonds. The molecule has 0 saturated heterocycles. The van der Waals surface area contributed by atoms with Crippen molar-refractivity contribution < 1.29 is 14.3 Å². The van der Waals surface area contributed by atoms with Gasteiger partial charge in [-0.15, -0.1) is 11.3 Å². The Morgan fingerprint density at radius 3 is 2.92 bits per heavy atom. The van der Waals surface area contributed by atoms with E-state index in [1.807, 2.05) is 31.2 Å². The largest absolute Gasteiger partial charge is 0.497 e. The summed E-state index contributed by atoms with van der Waals surface area (Å²) in [6.45, 7) is 2.28. The highest BCUT2D eigenvalue weighted by Gasteiger charge is 2.12. The molecule has 2 aromatic rings. The Labute approximate surface area is 148 Å².